The average molecular weight is 314 g/mol. The minimum atomic E-state index is -1.04. The molecule has 0 aromatic carbocycles. The van der Waals surface area contributed by atoms with Gasteiger partial charge in [-0.05, 0) is 25.2 Å². The van der Waals surface area contributed by atoms with E-state index >= 15 is 0 Å². The molecule has 22 heavy (non-hydrogen) atoms. The molecule has 1 aliphatic carbocycles. The van der Waals surface area contributed by atoms with E-state index in [0.29, 0.717) is 37.3 Å². The summed E-state index contributed by atoms with van der Waals surface area (Å²) in [4.78, 5) is 25.2. The van der Waals surface area contributed by atoms with Gasteiger partial charge in [0.05, 0.1) is 18.5 Å². The number of nitrogens with zero attached hydrogens (tertiary/aromatic N) is 1. The van der Waals surface area contributed by atoms with Crippen molar-refractivity contribution in [2.45, 2.75) is 25.7 Å². The Morgan fingerprint density at radius 1 is 1.32 bits per heavy atom. The first-order chi connectivity index (χ1) is 10.5. The van der Waals surface area contributed by atoms with E-state index in [4.69, 9.17) is 14.9 Å². The number of carboxylic acid groups (broad SMARTS) is 2. The molecular weight excluding hydrogens is 292 g/mol. The zero-order valence-electron chi connectivity index (χ0n) is 12.5. The molecular formula is C14H22N2O6. The topological polar surface area (TPSA) is 128 Å². The molecule has 1 atom stereocenters. The number of methoxy groups -OCH3 is 1. The first kappa shape index (κ1) is 18.0. The molecule has 0 saturated heterocycles. The molecule has 8 nitrogen and oxygen atoms in total. The van der Waals surface area contributed by atoms with Crippen molar-refractivity contribution in [1.29, 1.82) is 0 Å². The highest BCUT2D eigenvalue weighted by Gasteiger charge is 2.26. The predicted octanol–water partition coefficient (Wildman–Crippen LogP) is 0.227. The van der Waals surface area contributed by atoms with Crippen molar-refractivity contribution >= 4 is 17.7 Å². The highest BCUT2D eigenvalue weighted by Crippen LogP contribution is 2.26. The van der Waals surface area contributed by atoms with Crippen LogP contribution in [0.4, 0.5) is 0 Å². The van der Waals surface area contributed by atoms with Crippen LogP contribution in [0.1, 0.15) is 25.7 Å². The number of carbonyl (C=O) groups is 2. The first-order valence-corrected chi connectivity index (χ1v) is 7.07. The van der Waals surface area contributed by atoms with Crippen LogP contribution in [0.2, 0.25) is 0 Å². The second-order valence-corrected chi connectivity index (χ2v) is 5.05. The van der Waals surface area contributed by atoms with E-state index in [9.17, 15) is 14.7 Å². The fraction of sp³-hybridized carbons (Fsp3) is 0.643. The lowest BCUT2D eigenvalue weighted by molar-refractivity contribution is -0.137. The third-order valence-corrected chi connectivity index (χ3v) is 3.28. The lowest BCUT2D eigenvalue weighted by Gasteiger charge is -2.27. The number of hydrogen-bond acceptors (Lipinski definition) is 6. The summed E-state index contributed by atoms with van der Waals surface area (Å²) < 4.78 is 5.32. The molecule has 0 spiro atoms. The number of aliphatic imine (C=N–C) groups is 1. The van der Waals surface area contributed by atoms with Gasteiger partial charge < -0.3 is 25.4 Å². The maximum Gasteiger partial charge on any atom is 0.325 e. The van der Waals surface area contributed by atoms with Crippen molar-refractivity contribution < 1.29 is 29.6 Å². The number of rotatable bonds is 9. The van der Waals surface area contributed by atoms with Gasteiger partial charge >= 0.3 is 11.9 Å². The second-order valence-electron chi connectivity index (χ2n) is 5.05. The highest BCUT2D eigenvalue weighted by molar-refractivity contribution is 6.00. The number of allylic oxidation sites excluding steroid dienone is 2. The van der Waals surface area contributed by atoms with Gasteiger partial charge in [-0.25, -0.2) is 0 Å². The molecule has 4 N–H and O–H groups in total. The van der Waals surface area contributed by atoms with Crippen LogP contribution in [0.15, 0.2) is 16.4 Å². The SMILES string of the molecule is COC1=C(NCCCC(=O)O)CC(CO)CC1=NCC(=O)O. The minimum Gasteiger partial charge on any atom is -0.493 e. The number of nitrogens with one attached hydrogen (secondary N) is 1. The van der Waals surface area contributed by atoms with E-state index in [1.807, 2.05) is 0 Å². The Morgan fingerprint density at radius 3 is 2.59 bits per heavy atom. The summed E-state index contributed by atoms with van der Waals surface area (Å²) in [7, 11) is 1.48. The molecule has 124 valence electrons. The standard InChI is InChI=1S/C14H22N2O6/c1-22-14-10(15-4-2-3-12(18)19)5-9(8-17)6-11(14)16-7-13(20)21/h9,15,17H,2-8H2,1H3,(H,18,19)(H,20,21). The smallest absolute Gasteiger partial charge is 0.325 e. The van der Waals surface area contributed by atoms with Crippen molar-refractivity contribution in [1.82, 2.24) is 5.32 Å². The maximum atomic E-state index is 10.7. The number of aliphatic hydroxyl groups excluding tert-OH is 1. The summed E-state index contributed by atoms with van der Waals surface area (Å²) in [6.07, 6.45) is 1.53. The average Bonchev–Trinajstić information content (AvgIpc) is 2.48. The van der Waals surface area contributed by atoms with Gasteiger partial charge in [-0.3, -0.25) is 14.6 Å². The molecule has 8 heteroatoms. The predicted molar refractivity (Wildman–Crippen MR) is 78.7 cm³/mol. The Balaban J connectivity index is 2.83. The fourth-order valence-electron chi connectivity index (χ4n) is 2.29. The molecule has 0 radical (unpaired) electrons. The summed E-state index contributed by atoms with van der Waals surface area (Å²) in [5.74, 6) is -1.47. The van der Waals surface area contributed by atoms with Crippen LogP contribution >= 0.6 is 0 Å². The molecule has 1 unspecified atom stereocenters. The zero-order valence-corrected chi connectivity index (χ0v) is 12.5. The van der Waals surface area contributed by atoms with Crippen LogP contribution in [0.25, 0.3) is 0 Å². The van der Waals surface area contributed by atoms with Gasteiger partial charge in [0.25, 0.3) is 0 Å². The van der Waals surface area contributed by atoms with E-state index in [-0.39, 0.29) is 25.5 Å². The monoisotopic (exact) mass is 314 g/mol. The minimum absolute atomic E-state index is 0.0383. The number of ether oxygens (including phenoxy) is 1. The lowest BCUT2D eigenvalue weighted by Crippen LogP contribution is -2.30. The van der Waals surface area contributed by atoms with Crippen molar-refractivity contribution in [2.24, 2.45) is 10.9 Å². The Morgan fingerprint density at radius 2 is 2.05 bits per heavy atom. The van der Waals surface area contributed by atoms with Crippen LogP contribution < -0.4 is 5.32 Å². The van der Waals surface area contributed by atoms with Crippen LogP contribution in [-0.2, 0) is 14.3 Å². The maximum absolute atomic E-state index is 10.7. The van der Waals surface area contributed by atoms with Crippen LogP contribution in [0.3, 0.4) is 0 Å². The third-order valence-electron chi connectivity index (χ3n) is 3.28. The van der Waals surface area contributed by atoms with Gasteiger partial charge in [-0.2, -0.15) is 0 Å². The van der Waals surface area contributed by atoms with E-state index < -0.39 is 11.9 Å². The van der Waals surface area contributed by atoms with Gasteiger partial charge in [0, 0.05) is 19.6 Å². The molecule has 1 rings (SSSR count). The third kappa shape index (κ3) is 5.72. The Labute approximate surface area is 128 Å². The molecule has 0 bridgehead atoms. The summed E-state index contributed by atoms with van der Waals surface area (Å²) in [5, 5.41) is 29.8. The van der Waals surface area contributed by atoms with Crippen molar-refractivity contribution in [2.75, 3.05) is 26.8 Å². The van der Waals surface area contributed by atoms with Crippen molar-refractivity contribution in [3.63, 3.8) is 0 Å². The molecule has 0 fully saturated rings. The summed E-state index contributed by atoms with van der Waals surface area (Å²) in [5.41, 5.74) is 1.23. The molecule has 0 aliphatic heterocycles. The van der Waals surface area contributed by atoms with Crippen LogP contribution in [0.5, 0.6) is 0 Å². The number of hydrogen-bond donors (Lipinski definition) is 4. The van der Waals surface area contributed by atoms with Crippen molar-refractivity contribution in [3.8, 4) is 0 Å². The summed E-state index contributed by atoms with van der Waals surface area (Å²) in [6.45, 7) is 0.0644. The van der Waals surface area contributed by atoms with E-state index in [2.05, 4.69) is 10.3 Å². The van der Waals surface area contributed by atoms with E-state index in [0.717, 1.165) is 5.70 Å². The quantitative estimate of drug-likeness (QED) is 0.448. The van der Waals surface area contributed by atoms with Gasteiger partial charge in [0.1, 0.15) is 6.54 Å². The molecule has 0 aromatic heterocycles. The Kier molecular flexibility index (Phi) is 7.38. The molecule has 0 saturated carbocycles. The number of aliphatic carboxylic acids is 2. The lowest BCUT2D eigenvalue weighted by atomic mass is 9.89. The van der Waals surface area contributed by atoms with Gasteiger partial charge in [-0.15, -0.1) is 0 Å². The summed E-state index contributed by atoms with van der Waals surface area (Å²) in [6, 6.07) is 0. The van der Waals surface area contributed by atoms with Crippen molar-refractivity contribution in [3.05, 3.63) is 11.5 Å². The van der Waals surface area contributed by atoms with Gasteiger partial charge in [0.2, 0.25) is 0 Å². The largest absolute Gasteiger partial charge is 0.493 e. The molecule has 0 heterocycles. The zero-order chi connectivity index (χ0) is 16.5. The molecule has 1 aliphatic rings. The van der Waals surface area contributed by atoms with E-state index in [1.165, 1.54) is 7.11 Å². The molecule has 0 amide bonds. The van der Waals surface area contributed by atoms with Gasteiger partial charge in [-0.1, -0.05) is 0 Å². The second kappa shape index (κ2) is 9.04. The number of aliphatic hydroxyl groups is 1. The van der Waals surface area contributed by atoms with E-state index in [1.54, 1.807) is 0 Å². The first-order valence-electron chi connectivity index (χ1n) is 7.07. The Hall–Kier alpha value is -2.09. The van der Waals surface area contributed by atoms with Crippen LogP contribution in [-0.4, -0.2) is 59.8 Å². The normalized spacial score (nSPS) is 20.1. The van der Waals surface area contributed by atoms with Crippen LogP contribution in [0, 0.1) is 5.92 Å². The molecule has 0 aromatic rings. The summed E-state index contributed by atoms with van der Waals surface area (Å²) >= 11 is 0. The number of carboxylic acids is 2. The highest BCUT2D eigenvalue weighted by atomic mass is 16.5. The fourth-order valence-corrected chi connectivity index (χ4v) is 2.29. The Bertz CT molecular complexity index is 472. The van der Waals surface area contributed by atoms with Gasteiger partial charge in [0.15, 0.2) is 5.76 Å².